The maximum absolute atomic E-state index is 12.2. The number of nitrogens with one attached hydrogen (secondary N) is 2. The number of anilines is 1. The molecule has 0 aromatic carbocycles. The van der Waals surface area contributed by atoms with Crippen LogP contribution in [0.4, 0.5) is 5.69 Å². The minimum atomic E-state index is -0.0427. The highest BCUT2D eigenvalue weighted by molar-refractivity contribution is 6.20. The molecule has 4 atom stereocenters. The Bertz CT molecular complexity index is 583. The number of carbonyl (C=O) groups is 1. The summed E-state index contributed by atoms with van der Waals surface area (Å²) in [5.41, 5.74) is 1.21. The van der Waals surface area contributed by atoms with Crippen LogP contribution in [0.1, 0.15) is 31.4 Å². The van der Waals surface area contributed by atoms with Crippen molar-refractivity contribution < 1.29 is 4.79 Å². The summed E-state index contributed by atoms with van der Waals surface area (Å²) in [5, 5.41) is 15.4. The molecular weight excluding hydrogens is 300 g/mol. The highest BCUT2D eigenvalue weighted by atomic mass is 35.5. The Morgan fingerprint density at radius 2 is 2.27 bits per heavy atom. The Labute approximate surface area is 135 Å². The second-order valence-electron chi connectivity index (χ2n) is 6.14. The summed E-state index contributed by atoms with van der Waals surface area (Å²) in [7, 11) is 0. The Hall–Kier alpha value is -1.80. The number of piperidine rings is 1. The number of nitrogens with zero attached hydrogens (tertiary/aromatic N) is 2. The fourth-order valence-corrected chi connectivity index (χ4v) is 3.77. The third-order valence-electron chi connectivity index (χ3n) is 4.63. The number of halogens is 1. The van der Waals surface area contributed by atoms with Gasteiger partial charge < -0.3 is 10.6 Å². The molecule has 5 nitrogen and oxygen atoms in total. The standard InChI is InChI=1S/C16H19ClN4O/c17-12-1-4-15-10(6-12)5-11(16(22)21-15)8-19-14-3-2-13(7-18)20-9-14/h2-3,9-12,15,19H,1,4-6,8H2,(H,21,22). The third kappa shape index (κ3) is 3.33. The predicted molar refractivity (Wildman–Crippen MR) is 84.5 cm³/mol. The Morgan fingerprint density at radius 3 is 3.00 bits per heavy atom. The van der Waals surface area contributed by atoms with E-state index >= 15 is 0 Å². The van der Waals surface area contributed by atoms with Crippen LogP contribution >= 0.6 is 11.6 Å². The molecule has 2 aliphatic rings. The summed E-state index contributed by atoms with van der Waals surface area (Å²) in [6, 6.07) is 5.76. The van der Waals surface area contributed by atoms with Gasteiger partial charge in [0.2, 0.25) is 5.91 Å². The van der Waals surface area contributed by atoms with Gasteiger partial charge in [0.1, 0.15) is 11.8 Å². The minimum Gasteiger partial charge on any atom is -0.383 e. The molecule has 0 bridgehead atoms. The number of amides is 1. The van der Waals surface area contributed by atoms with Crippen molar-refractivity contribution in [2.75, 3.05) is 11.9 Å². The van der Waals surface area contributed by atoms with Gasteiger partial charge in [-0.25, -0.2) is 4.98 Å². The van der Waals surface area contributed by atoms with Gasteiger partial charge in [0, 0.05) is 18.0 Å². The van der Waals surface area contributed by atoms with Crippen LogP contribution in [0.15, 0.2) is 18.3 Å². The smallest absolute Gasteiger partial charge is 0.225 e. The molecule has 6 heteroatoms. The largest absolute Gasteiger partial charge is 0.383 e. The van der Waals surface area contributed by atoms with Gasteiger partial charge in [0.15, 0.2) is 0 Å². The average Bonchev–Trinajstić information content (AvgIpc) is 2.54. The lowest BCUT2D eigenvalue weighted by Crippen LogP contribution is -2.53. The summed E-state index contributed by atoms with van der Waals surface area (Å²) < 4.78 is 0. The van der Waals surface area contributed by atoms with Crippen molar-refractivity contribution in [3.63, 3.8) is 0 Å². The first kappa shape index (κ1) is 15.1. The molecule has 116 valence electrons. The van der Waals surface area contributed by atoms with Gasteiger partial charge in [-0.05, 0) is 43.7 Å². The van der Waals surface area contributed by atoms with E-state index in [4.69, 9.17) is 16.9 Å². The van der Waals surface area contributed by atoms with E-state index < -0.39 is 0 Å². The number of carbonyl (C=O) groups excluding carboxylic acids is 1. The first-order valence-electron chi connectivity index (χ1n) is 7.70. The highest BCUT2D eigenvalue weighted by Gasteiger charge is 2.38. The predicted octanol–water partition coefficient (Wildman–Crippen LogP) is 2.28. The van der Waals surface area contributed by atoms with E-state index in [0.717, 1.165) is 31.4 Å². The zero-order valence-corrected chi connectivity index (χ0v) is 13.0. The van der Waals surface area contributed by atoms with E-state index in [2.05, 4.69) is 15.6 Å². The van der Waals surface area contributed by atoms with Crippen LogP contribution in [-0.4, -0.2) is 28.9 Å². The Balaban J connectivity index is 1.57. The van der Waals surface area contributed by atoms with E-state index in [1.165, 1.54) is 0 Å². The van der Waals surface area contributed by atoms with Gasteiger partial charge in [-0.3, -0.25) is 4.79 Å². The molecule has 1 aliphatic heterocycles. The van der Waals surface area contributed by atoms with Crippen molar-refractivity contribution in [2.45, 2.75) is 37.1 Å². The van der Waals surface area contributed by atoms with E-state index in [9.17, 15) is 4.79 Å². The molecule has 1 saturated heterocycles. The summed E-state index contributed by atoms with van der Waals surface area (Å²) in [6.45, 7) is 0.579. The fraction of sp³-hybridized carbons (Fsp3) is 0.562. The minimum absolute atomic E-state index is 0.0427. The monoisotopic (exact) mass is 318 g/mol. The normalized spacial score (nSPS) is 30.8. The van der Waals surface area contributed by atoms with Crippen molar-refractivity contribution in [3.8, 4) is 6.07 Å². The topological polar surface area (TPSA) is 77.8 Å². The number of pyridine rings is 1. The Kier molecular flexibility index (Phi) is 4.49. The van der Waals surface area contributed by atoms with Gasteiger partial charge in [0.05, 0.1) is 17.8 Å². The molecule has 2 fully saturated rings. The second-order valence-corrected chi connectivity index (χ2v) is 6.76. The molecule has 0 spiro atoms. The van der Waals surface area contributed by atoms with Crippen LogP contribution in [-0.2, 0) is 4.79 Å². The van der Waals surface area contributed by atoms with Gasteiger partial charge >= 0.3 is 0 Å². The number of hydrogen-bond acceptors (Lipinski definition) is 4. The molecule has 2 N–H and O–H groups in total. The number of alkyl halides is 1. The van der Waals surface area contributed by atoms with E-state index in [1.807, 2.05) is 12.1 Å². The molecule has 1 amide bonds. The zero-order valence-electron chi connectivity index (χ0n) is 12.3. The molecular formula is C16H19ClN4O. The van der Waals surface area contributed by atoms with Gasteiger partial charge in [-0.15, -0.1) is 11.6 Å². The van der Waals surface area contributed by atoms with Gasteiger partial charge in [-0.1, -0.05) is 0 Å². The molecule has 4 unspecified atom stereocenters. The SMILES string of the molecule is N#Cc1ccc(NCC2CC3CC(Cl)CCC3NC2=O)cn1. The van der Waals surface area contributed by atoms with Gasteiger partial charge in [-0.2, -0.15) is 5.26 Å². The molecule has 1 aliphatic carbocycles. The third-order valence-corrected chi connectivity index (χ3v) is 5.03. The van der Waals surface area contributed by atoms with Crippen LogP contribution in [0.25, 0.3) is 0 Å². The lowest BCUT2D eigenvalue weighted by atomic mass is 9.75. The molecule has 2 heterocycles. The van der Waals surface area contributed by atoms with Crippen LogP contribution < -0.4 is 10.6 Å². The maximum Gasteiger partial charge on any atom is 0.225 e. The summed E-state index contributed by atoms with van der Waals surface area (Å²) in [4.78, 5) is 16.2. The second kappa shape index (κ2) is 6.53. The van der Waals surface area contributed by atoms with Crippen LogP contribution in [0, 0.1) is 23.2 Å². The maximum atomic E-state index is 12.2. The summed E-state index contributed by atoms with van der Waals surface area (Å²) >= 11 is 6.26. The molecule has 0 radical (unpaired) electrons. The molecule has 1 saturated carbocycles. The van der Waals surface area contributed by atoms with Crippen LogP contribution in [0.2, 0.25) is 0 Å². The molecule has 1 aromatic heterocycles. The van der Waals surface area contributed by atoms with E-state index in [0.29, 0.717) is 24.2 Å². The van der Waals surface area contributed by atoms with Crippen LogP contribution in [0.3, 0.4) is 0 Å². The number of hydrogen-bond donors (Lipinski definition) is 2. The molecule has 1 aromatic rings. The van der Waals surface area contributed by atoms with E-state index in [1.54, 1.807) is 12.3 Å². The molecule has 22 heavy (non-hydrogen) atoms. The fourth-order valence-electron chi connectivity index (χ4n) is 3.41. The quantitative estimate of drug-likeness (QED) is 0.838. The molecule has 3 rings (SSSR count). The average molecular weight is 319 g/mol. The summed E-state index contributed by atoms with van der Waals surface area (Å²) in [5.74, 6) is 0.571. The summed E-state index contributed by atoms with van der Waals surface area (Å²) in [6.07, 6.45) is 5.47. The number of rotatable bonds is 3. The zero-order chi connectivity index (χ0) is 15.5. The van der Waals surface area contributed by atoms with E-state index in [-0.39, 0.29) is 17.2 Å². The first-order chi connectivity index (χ1) is 10.7. The van der Waals surface area contributed by atoms with Crippen molar-refractivity contribution in [3.05, 3.63) is 24.0 Å². The number of aromatic nitrogens is 1. The van der Waals surface area contributed by atoms with Crippen molar-refractivity contribution in [2.24, 2.45) is 11.8 Å². The van der Waals surface area contributed by atoms with Crippen LogP contribution in [0.5, 0.6) is 0 Å². The highest BCUT2D eigenvalue weighted by Crippen LogP contribution is 2.35. The lowest BCUT2D eigenvalue weighted by molar-refractivity contribution is -0.129. The number of nitriles is 1. The van der Waals surface area contributed by atoms with Gasteiger partial charge in [0.25, 0.3) is 0 Å². The lowest BCUT2D eigenvalue weighted by Gasteiger charge is -2.41. The van der Waals surface area contributed by atoms with Crippen molar-refractivity contribution in [1.82, 2.24) is 10.3 Å². The number of fused-ring (bicyclic) bond motifs is 1. The Morgan fingerprint density at radius 1 is 1.41 bits per heavy atom. The van der Waals surface area contributed by atoms with Crippen molar-refractivity contribution >= 4 is 23.2 Å². The van der Waals surface area contributed by atoms with Crippen molar-refractivity contribution in [1.29, 1.82) is 5.26 Å². The first-order valence-corrected chi connectivity index (χ1v) is 8.14.